The zero-order valence-corrected chi connectivity index (χ0v) is 11.3. The molecule has 1 aliphatic carbocycles. The van der Waals surface area contributed by atoms with Crippen LogP contribution in [-0.4, -0.2) is 22.2 Å². The van der Waals surface area contributed by atoms with Gasteiger partial charge < -0.3 is 9.84 Å². The average Bonchev–Trinajstić information content (AvgIpc) is 3.25. The number of hydrogen-bond acceptors (Lipinski definition) is 3. The van der Waals surface area contributed by atoms with Crippen molar-refractivity contribution in [2.24, 2.45) is 0 Å². The van der Waals surface area contributed by atoms with E-state index in [-0.39, 0.29) is 11.8 Å². The SMILES string of the molecule is O=C(O)c1cc(-c2ccc(OC3CC3)c(Cl)c2)ccn1. The van der Waals surface area contributed by atoms with Gasteiger partial charge in [0.2, 0.25) is 0 Å². The first kappa shape index (κ1) is 12.9. The molecule has 1 saturated carbocycles. The monoisotopic (exact) mass is 289 g/mol. The first-order chi connectivity index (χ1) is 9.63. The summed E-state index contributed by atoms with van der Waals surface area (Å²) in [5.41, 5.74) is 1.61. The molecule has 1 heterocycles. The molecule has 20 heavy (non-hydrogen) atoms. The first-order valence-corrected chi connectivity index (χ1v) is 6.67. The van der Waals surface area contributed by atoms with Crippen LogP contribution in [0.4, 0.5) is 0 Å². The van der Waals surface area contributed by atoms with Gasteiger partial charge in [0, 0.05) is 6.20 Å². The quantitative estimate of drug-likeness (QED) is 0.933. The molecule has 1 aromatic carbocycles. The maximum Gasteiger partial charge on any atom is 0.354 e. The minimum atomic E-state index is -1.05. The van der Waals surface area contributed by atoms with Crippen molar-refractivity contribution < 1.29 is 14.6 Å². The van der Waals surface area contributed by atoms with E-state index in [0.717, 1.165) is 24.0 Å². The molecule has 0 amide bonds. The topological polar surface area (TPSA) is 59.4 Å². The van der Waals surface area contributed by atoms with E-state index >= 15 is 0 Å². The Hall–Kier alpha value is -2.07. The highest BCUT2D eigenvalue weighted by atomic mass is 35.5. The van der Waals surface area contributed by atoms with E-state index in [9.17, 15) is 4.79 Å². The largest absolute Gasteiger partial charge is 0.489 e. The van der Waals surface area contributed by atoms with Gasteiger partial charge in [-0.3, -0.25) is 0 Å². The molecule has 0 saturated heterocycles. The molecular weight excluding hydrogens is 278 g/mol. The van der Waals surface area contributed by atoms with E-state index in [0.29, 0.717) is 10.8 Å². The number of ether oxygens (including phenoxy) is 1. The number of hydrogen-bond donors (Lipinski definition) is 1. The summed E-state index contributed by atoms with van der Waals surface area (Å²) >= 11 is 6.20. The lowest BCUT2D eigenvalue weighted by atomic mass is 10.1. The molecule has 2 aromatic rings. The molecule has 0 aliphatic heterocycles. The van der Waals surface area contributed by atoms with Crippen molar-refractivity contribution in [3.8, 4) is 16.9 Å². The van der Waals surface area contributed by atoms with E-state index in [1.807, 2.05) is 12.1 Å². The Morgan fingerprint density at radius 1 is 1.25 bits per heavy atom. The number of carbonyl (C=O) groups is 1. The number of nitrogens with zero attached hydrogens (tertiary/aromatic N) is 1. The fourth-order valence-corrected chi connectivity index (χ4v) is 2.09. The molecule has 5 heteroatoms. The summed E-state index contributed by atoms with van der Waals surface area (Å²) in [5, 5.41) is 9.48. The molecule has 1 N–H and O–H groups in total. The Morgan fingerprint density at radius 3 is 2.65 bits per heavy atom. The summed E-state index contributed by atoms with van der Waals surface area (Å²) in [6, 6.07) is 8.73. The molecule has 4 nitrogen and oxygen atoms in total. The highest BCUT2D eigenvalue weighted by Crippen LogP contribution is 2.34. The van der Waals surface area contributed by atoms with Crippen molar-refractivity contribution in [3.05, 3.63) is 47.2 Å². The lowest BCUT2D eigenvalue weighted by Gasteiger charge is -2.09. The highest BCUT2D eigenvalue weighted by Gasteiger charge is 2.24. The van der Waals surface area contributed by atoms with E-state index in [2.05, 4.69) is 4.98 Å². The Balaban J connectivity index is 1.91. The first-order valence-electron chi connectivity index (χ1n) is 6.29. The summed E-state index contributed by atoms with van der Waals surface area (Å²) in [5.74, 6) is -0.378. The standard InChI is InChI=1S/C15H12ClNO3/c16-12-7-9(1-4-14(12)20-11-2-3-11)10-5-6-17-13(8-10)15(18)19/h1,4-8,11H,2-3H2,(H,18,19). The number of carboxylic acid groups (broad SMARTS) is 1. The van der Waals surface area contributed by atoms with Gasteiger partial charge in [-0.2, -0.15) is 0 Å². The second kappa shape index (κ2) is 5.13. The molecule has 1 aromatic heterocycles. The summed E-state index contributed by atoms with van der Waals surface area (Å²) in [4.78, 5) is 14.7. The van der Waals surface area contributed by atoms with E-state index in [4.69, 9.17) is 21.4 Å². The van der Waals surface area contributed by atoms with E-state index < -0.39 is 5.97 Å². The van der Waals surface area contributed by atoms with Gasteiger partial charge in [-0.1, -0.05) is 17.7 Å². The van der Waals surface area contributed by atoms with Gasteiger partial charge in [-0.25, -0.2) is 9.78 Å². The number of aromatic carboxylic acids is 1. The van der Waals surface area contributed by atoms with Crippen LogP contribution in [0.1, 0.15) is 23.3 Å². The van der Waals surface area contributed by atoms with Crippen LogP contribution in [0.15, 0.2) is 36.5 Å². The van der Waals surface area contributed by atoms with Crippen molar-refractivity contribution in [1.82, 2.24) is 4.98 Å². The number of rotatable bonds is 4. The second-order valence-corrected chi connectivity index (χ2v) is 5.10. The molecule has 0 atom stereocenters. The van der Waals surface area contributed by atoms with Crippen LogP contribution in [0.5, 0.6) is 5.75 Å². The maximum atomic E-state index is 10.9. The molecular formula is C15H12ClNO3. The van der Waals surface area contributed by atoms with Crippen LogP contribution < -0.4 is 4.74 Å². The normalized spacial score (nSPS) is 14.1. The summed E-state index contributed by atoms with van der Waals surface area (Å²) in [6.07, 6.45) is 3.91. The molecule has 102 valence electrons. The predicted octanol–water partition coefficient (Wildman–Crippen LogP) is 3.64. The molecule has 0 spiro atoms. The van der Waals surface area contributed by atoms with Gasteiger partial charge in [0.05, 0.1) is 11.1 Å². The number of halogens is 1. The third kappa shape index (κ3) is 2.75. The molecule has 0 radical (unpaired) electrons. The molecule has 0 unspecified atom stereocenters. The predicted molar refractivity (Wildman–Crippen MR) is 75.3 cm³/mol. The summed E-state index contributed by atoms with van der Waals surface area (Å²) in [7, 11) is 0. The van der Waals surface area contributed by atoms with E-state index in [1.165, 1.54) is 12.3 Å². The van der Waals surface area contributed by atoms with E-state index in [1.54, 1.807) is 12.1 Å². The van der Waals surface area contributed by atoms with Gasteiger partial charge in [-0.15, -0.1) is 0 Å². The van der Waals surface area contributed by atoms with Gasteiger partial charge in [0.25, 0.3) is 0 Å². The zero-order chi connectivity index (χ0) is 14.1. The lowest BCUT2D eigenvalue weighted by Crippen LogP contribution is -1.99. The summed E-state index contributed by atoms with van der Waals surface area (Å²) < 4.78 is 5.67. The zero-order valence-electron chi connectivity index (χ0n) is 10.5. The minimum Gasteiger partial charge on any atom is -0.489 e. The van der Waals surface area contributed by atoms with Crippen molar-refractivity contribution in [1.29, 1.82) is 0 Å². The average molecular weight is 290 g/mol. The Labute approximate surface area is 121 Å². The van der Waals surface area contributed by atoms with Crippen LogP contribution in [0.25, 0.3) is 11.1 Å². The molecule has 3 rings (SSSR count). The van der Waals surface area contributed by atoms with Crippen molar-refractivity contribution in [2.75, 3.05) is 0 Å². The van der Waals surface area contributed by atoms with Crippen LogP contribution in [0, 0.1) is 0 Å². The maximum absolute atomic E-state index is 10.9. The Kier molecular flexibility index (Phi) is 3.32. The Bertz CT molecular complexity index is 668. The van der Waals surface area contributed by atoms with Gasteiger partial charge in [0.15, 0.2) is 0 Å². The fourth-order valence-electron chi connectivity index (χ4n) is 1.87. The molecule has 0 bridgehead atoms. The number of benzene rings is 1. The summed E-state index contributed by atoms with van der Waals surface area (Å²) in [6.45, 7) is 0. The molecule has 1 aliphatic rings. The van der Waals surface area contributed by atoms with Gasteiger partial charge in [0.1, 0.15) is 11.4 Å². The Morgan fingerprint density at radius 2 is 2.00 bits per heavy atom. The van der Waals surface area contributed by atoms with Crippen molar-refractivity contribution in [2.45, 2.75) is 18.9 Å². The van der Waals surface area contributed by atoms with Crippen molar-refractivity contribution in [3.63, 3.8) is 0 Å². The number of carboxylic acids is 1. The third-order valence-electron chi connectivity index (χ3n) is 3.06. The smallest absolute Gasteiger partial charge is 0.354 e. The van der Waals surface area contributed by atoms with Crippen LogP contribution in [-0.2, 0) is 0 Å². The van der Waals surface area contributed by atoms with Crippen molar-refractivity contribution >= 4 is 17.6 Å². The van der Waals surface area contributed by atoms with Crippen LogP contribution in [0.2, 0.25) is 5.02 Å². The molecule has 1 fully saturated rings. The van der Waals surface area contributed by atoms with Crippen LogP contribution in [0.3, 0.4) is 0 Å². The second-order valence-electron chi connectivity index (χ2n) is 4.70. The van der Waals surface area contributed by atoms with Gasteiger partial charge >= 0.3 is 5.97 Å². The van der Waals surface area contributed by atoms with Crippen LogP contribution >= 0.6 is 11.6 Å². The lowest BCUT2D eigenvalue weighted by molar-refractivity contribution is 0.0690. The minimum absolute atomic E-state index is 0.0110. The third-order valence-corrected chi connectivity index (χ3v) is 3.36. The fraction of sp³-hybridized carbons (Fsp3) is 0.200. The number of pyridine rings is 1. The highest BCUT2D eigenvalue weighted by molar-refractivity contribution is 6.32. The number of aromatic nitrogens is 1. The van der Waals surface area contributed by atoms with Gasteiger partial charge in [-0.05, 0) is 48.2 Å².